The van der Waals surface area contributed by atoms with Gasteiger partial charge in [-0.1, -0.05) is 349 Å². The van der Waals surface area contributed by atoms with Crippen molar-refractivity contribution >= 4 is 133 Å². The second-order valence-corrected chi connectivity index (χ2v) is 38.3. The van der Waals surface area contributed by atoms with Crippen molar-refractivity contribution in [2.75, 3.05) is 32.8 Å². The molecule has 0 saturated carbocycles. The van der Waals surface area contributed by atoms with Gasteiger partial charge in [0, 0.05) is 88.6 Å². The van der Waals surface area contributed by atoms with Gasteiger partial charge < -0.3 is 29.1 Å². The van der Waals surface area contributed by atoms with Crippen molar-refractivity contribution in [1.29, 1.82) is 0 Å². The molecule has 6 nitrogen and oxygen atoms in total. The smallest absolute Gasteiger partial charge is 0.119 e. The molecule has 0 amide bonds. The van der Waals surface area contributed by atoms with Gasteiger partial charge in [0.1, 0.15) is 11.5 Å². The van der Waals surface area contributed by atoms with Crippen LogP contribution in [0.15, 0.2) is 413 Å². The van der Waals surface area contributed by atoms with Crippen LogP contribution in [0.1, 0.15) is 95.2 Å². The van der Waals surface area contributed by atoms with E-state index in [0.29, 0.717) is 13.2 Å². The van der Waals surface area contributed by atoms with Gasteiger partial charge in [-0.15, -0.1) is 0 Å². The lowest BCUT2D eigenvalue weighted by Crippen LogP contribution is -2.12. The zero-order valence-electron chi connectivity index (χ0n) is 82.1. The molecule has 0 aliphatic carbocycles. The van der Waals surface area contributed by atoms with Crippen LogP contribution in [0.3, 0.4) is 0 Å². The molecule has 0 unspecified atom stereocenters. The number of aryl methyl sites for hydroxylation is 10. The zero-order chi connectivity index (χ0) is 95.8. The number of unbranched alkanes of at least 4 members (excludes halogenated alkanes) is 2. The molecule has 140 heavy (non-hydrogen) atoms. The summed E-state index contributed by atoms with van der Waals surface area (Å²) in [5, 5.41) is 14.6. The highest BCUT2D eigenvalue weighted by molar-refractivity contribution is 6.34. The number of ether oxygens (including phenoxy) is 2. The predicted molar refractivity (Wildman–Crippen MR) is 600 cm³/mol. The molecule has 0 fully saturated rings. The molecule has 0 spiro atoms. The van der Waals surface area contributed by atoms with Crippen LogP contribution in [-0.2, 0) is 0 Å². The summed E-state index contributed by atoms with van der Waals surface area (Å²) >= 11 is 0. The van der Waals surface area contributed by atoms with Gasteiger partial charge in [-0.2, -0.15) is 0 Å². The van der Waals surface area contributed by atoms with Gasteiger partial charge in [0.25, 0.3) is 0 Å². The number of benzene rings is 22. The van der Waals surface area contributed by atoms with E-state index in [1.807, 2.05) is 0 Å². The molecular formula is C134H116N4O2. The van der Waals surface area contributed by atoms with Crippen LogP contribution in [-0.4, -0.2) is 13.2 Å². The zero-order valence-corrected chi connectivity index (χ0v) is 82.1. The van der Waals surface area contributed by atoms with E-state index < -0.39 is 0 Å². The monoisotopic (exact) mass is 1810 g/mol. The molecule has 22 aromatic rings. The molecule has 22 aromatic carbocycles. The van der Waals surface area contributed by atoms with E-state index in [4.69, 9.17) is 9.47 Å². The maximum absolute atomic E-state index is 6.20. The van der Waals surface area contributed by atoms with E-state index in [1.54, 1.807) is 0 Å². The minimum absolute atomic E-state index is 0.711. The molecule has 684 valence electrons. The average Bonchev–Trinajstić information content (AvgIpc) is 0.705. The van der Waals surface area contributed by atoms with E-state index in [-0.39, 0.29) is 0 Å². The van der Waals surface area contributed by atoms with Crippen LogP contribution in [0.5, 0.6) is 11.5 Å². The summed E-state index contributed by atoms with van der Waals surface area (Å²) in [5.74, 6) is 1.79. The van der Waals surface area contributed by atoms with Crippen molar-refractivity contribution in [3.8, 4) is 78.3 Å². The van der Waals surface area contributed by atoms with Crippen LogP contribution >= 0.6 is 0 Å². The SMILES string of the molecule is CCCCOc1ccc(-c2cc(N(c3ccc(C)cc3)c3ccc(C)cc3)c3ccc4c(-c5ccc(OCCCC)cc5)cc(N(c5ccc(C)cc5)c5ccc(C)cc5)c5ccc2c3c45)cc1.Cc1ccc(-c2ccc(-c3cc(N(c4ccc(C)cc4)c4ccc(-c5ccc(C)cc5)cc4)c4ccc5c(-c6ccc(C)cc6)cc(N(c6ccc(C)cc6)c6ccc(C)cc6)c6ccc3c4c56)cc2)cc1. The van der Waals surface area contributed by atoms with Crippen LogP contribution < -0.4 is 29.1 Å². The second-order valence-electron chi connectivity index (χ2n) is 38.3. The Morgan fingerprint density at radius 1 is 0.164 bits per heavy atom. The van der Waals surface area contributed by atoms with Gasteiger partial charge in [-0.3, -0.25) is 0 Å². The lowest BCUT2D eigenvalue weighted by atomic mass is 9.85. The van der Waals surface area contributed by atoms with E-state index in [9.17, 15) is 0 Å². The third kappa shape index (κ3) is 18.0. The van der Waals surface area contributed by atoms with Gasteiger partial charge in [0.2, 0.25) is 0 Å². The van der Waals surface area contributed by atoms with Gasteiger partial charge in [-0.25, -0.2) is 0 Å². The quantitative estimate of drug-likeness (QED) is 0.0397. The van der Waals surface area contributed by atoms with E-state index >= 15 is 0 Å². The topological polar surface area (TPSA) is 31.4 Å². The summed E-state index contributed by atoms with van der Waals surface area (Å²) in [6.07, 6.45) is 4.25. The van der Waals surface area contributed by atoms with Crippen molar-refractivity contribution < 1.29 is 9.47 Å². The fourth-order valence-corrected chi connectivity index (χ4v) is 20.2. The number of hydrogen-bond donors (Lipinski definition) is 0. The molecule has 0 saturated heterocycles. The number of nitrogens with zero attached hydrogens (tertiary/aromatic N) is 4. The number of hydrogen-bond acceptors (Lipinski definition) is 6. The maximum Gasteiger partial charge on any atom is 0.119 e. The summed E-state index contributed by atoms with van der Waals surface area (Å²) in [6, 6.07) is 154. The Bertz CT molecular complexity index is 7800. The molecule has 22 rings (SSSR count). The summed E-state index contributed by atoms with van der Waals surface area (Å²) in [6.45, 7) is 27.4. The van der Waals surface area contributed by atoms with E-state index in [1.165, 1.54) is 176 Å². The number of rotatable bonds is 26. The lowest BCUT2D eigenvalue weighted by Gasteiger charge is -2.31. The first-order chi connectivity index (χ1) is 68.4. The standard InChI is InChI=1S/C70H56N2.C64H60N2O2/c1-45-7-19-51(20-8-45)53-25-27-56(28-26-53)66-44-68(72(59-35-17-50(6)18-36-59)60-37-29-54(30-38-60)52-21-9-46(2)10-22-52)64-41-39-61-65(55-23-11-47(3)12-24-55)43-67(63-42-40-62(66)70(64)69(61)63)71(57-31-13-48(4)14-32-57)58-33-15-49(5)16-34-58;1-7-9-39-67-53-31-19-47(20-32-53)59-41-61(65(49-23-11-43(3)12-24-49)50-25-13-44(4)14-26-50)57-38-36-56-60(48-21-33-54(34-22-48)68-40-10-8-2)42-62(58-37-35-55(59)63(57)64(56)58)66(51-27-15-45(5)16-28-51)52-29-17-46(6)18-30-52/h7-44H,1-6H3;11-38,41-42H,7-10,39-40H2,1-6H3. The van der Waals surface area contributed by atoms with Crippen LogP contribution in [0.25, 0.3) is 131 Å². The Labute approximate surface area is 824 Å². The first-order valence-corrected chi connectivity index (χ1v) is 49.5. The Morgan fingerprint density at radius 2 is 0.314 bits per heavy atom. The molecule has 6 heteroatoms. The third-order valence-corrected chi connectivity index (χ3v) is 28.0. The normalized spacial score (nSPS) is 11.5. The summed E-state index contributed by atoms with van der Waals surface area (Å²) < 4.78 is 12.4. The van der Waals surface area contributed by atoms with E-state index in [2.05, 4.69) is 515 Å². The van der Waals surface area contributed by atoms with E-state index in [0.717, 1.165) is 117 Å². The fourth-order valence-electron chi connectivity index (χ4n) is 20.2. The van der Waals surface area contributed by atoms with Crippen molar-refractivity contribution in [2.45, 2.75) is 109 Å². The number of anilines is 12. The Kier molecular flexibility index (Phi) is 25.2. The van der Waals surface area contributed by atoms with Crippen LogP contribution in [0.2, 0.25) is 0 Å². The minimum Gasteiger partial charge on any atom is -0.494 e. The predicted octanol–water partition coefficient (Wildman–Crippen LogP) is 38.5. The Balaban J connectivity index is 0.000000167. The second kappa shape index (κ2) is 39.1. The first-order valence-electron chi connectivity index (χ1n) is 49.5. The van der Waals surface area contributed by atoms with Gasteiger partial charge in [0.15, 0.2) is 0 Å². The Morgan fingerprint density at radius 3 is 0.514 bits per heavy atom. The van der Waals surface area contributed by atoms with Crippen molar-refractivity contribution in [2.24, 2.45) is 0 Å². The van der Waals surface area contributed by atoms with Crippen LogP contribution in [0, 0.1) is 69.2 Å². The van der Waals surface area contributed by atoms with Gasteiger partial charge in [0.05, 0.1) is 36.0 Å². The molecule has 0 heterocycles. The molecule has 0 N–H and O–H groups in total. The van der Waals surface area contributed by atoms with Crippen molar-refractivity contribution in [1.82, 2.24) is 0 Å². The Hall–Kier alpha value is -16.3. The summed E-state index contributed by atoms with van der Waals surface area (Å²) in [5.41, 5.74) is 39.8. The average molecular weight is 1810 g/mol. The summed E-state index contributed by atoms with van der Waals surface area (Å²) in [4.78, 5) is 9.82. The van der Waals surface area contributed by atoms with Gasteiger partial charge in [-0.05, 0) is 316 Å². The molecule has 0 radical (unpaired) electrons. The highest BCUT2D eigenvalue weighted by Crippen LogP contribution is 2.56. The summed E-state index contributed by atoms with van der Waals surface area (Å²) in [7, 11) is 0. The van der Waals surface area contributed by atoms with Crippen molar-refractivity contribution in [3.05, 3.63) is 468 Å². The molecular weight excluding hydrogens is 1700 g/mol. The molecule has 0 bridgehead atoms. The third-order valence-electron chi connectivity index (χ3n) is 28.0. The largest absolute Gasteiger partial charge is 0.494 e. The lowest BCUT2D eigenvalue weighted by molar-refractivity contribution is 0.309. The molecule has 0 aromatic heterocycles. The minimum atomic E-state index is 0.711. The van der Waals surface area contributed by atoms with Gasteiger partial charge >= 0.3 is 0 Å². The highest BCUT2D eigenvalue weighted by atomic mass is 16.5. The molecule has 0 atom stereocenters. The molecule has 0 aliphatic heterocycles. The molecule has 0 aliphatic rings. The first kappa shape index (κ1) is 90.2. The highest BCUT2D eigenvalue weighted by Gasteiger charge is 2.30. The van der Waals surface area contributed by atoms with Crippen LogP contribution in [0.4, 0.5) is 68.2 Å². The maximum atomic E-state index is 6.20. The van der Waals surface area contributed by atoms with Crippen molar-refractivity contribution in [3.63, 3.8) is 0 Å². The fraction of sp³-hybridized carbons (Fsp3) is 0.134.